The first-order valence-electron chi connectivity index (χ1n) is 4.36. The fourth-order valence-electron chi connectivity index (χ4n) is 1.57. The van der Waals surface area contributed by atoms with Gasteiger partial charge in [-0.15, -0.1) is 0 Å². The normalized spacial score (nSPS) is 22.3. The second-order valence-corrected chi connectivity index (χ2v) is 3.72. The van der Waals surface area contributed by atoms with Gasteiger partial charge in [-0.05, 0) is 18.6 Å². The van der Waals surface area contributed by atoms with Crippen molar-refractivity contribution in [3.8, 4) is 0 Å². The van der Waals surface area contributed by atoms with E-state index in [1.165, 1.54) is 0 Å². The van der Waals surface area contributed by atoms with Crippen LogP contribution in [-0.4, -0.2) is 24.3 Å². The Balaban J connectivity index is 2.16. The van der Waals surface area contributed by atoms with Crippen LogP contribution in [0.1, 0.15) is 6.42 Å². The molecule has 0 saturated carbocycles. The first-order chi connectivity index (χ1) is 6.25. The van der Waals surface area contributed by atoms with Crippen LogP contribution in [-0.2, 0) is 0 Å². The molecule has 1 aromatic carbocycles. The van der Waals surface area contributed by atoms with Crippen molar-refractivity contribution in [3.63, 3.8) is 0 Å². The smallest absolute Gasteiger partial charge is 0.0731 e. The van der Waals surface area contributed by atoms with Crippen LogP contribution in [0.2, 0.25) is 5.02 Å². The summed E-state index contributed by atoms with van der Waals surface area (Å²) < 4.78 is 0. The fourth-order valence-corrected chi connectivity index (χ4v) is 1.74. The monoisotopic (exact) mass is 196 g/mol. The summed E-state index contributed by atoms with van der Waals surface area (Å²) in [6.45, 7) is 1.58. The lowest BCUT2D eigenvalue weighted by Gasteiger charge is -2.17. The maximum absolute atomic E-state index is 9.34. The lowest BCUT2D eigenvalue weighted by Crippen LogP contribution is -2.20. The molecule has 2 rings (SSSR count). The van der Waals surface area contributed by atoms with E-state index in [2.05, 4.69) is 11.0 Å². The summed E-state index contributed by atoms with van der Waals surface area (Å²) in [6.07, 6.45) is 0.632. The Bertz CT molecular complexity index is 303. The highest BCUT2D eigenvalue weighted by atomic mass is 35.5. The van der Waals surface area contributed by atoms with Crippen LogP contribution < -0.4 is 4.90 Å². The summed E-state index contributed by atoms with van der Waals surface area (Å²) >= 11 is 5.85. The summed E-state index contributed by atoms with van der Waals surface area (Å²) in [5.41, 5.74) is 0.976. The SMILES string of the molecule is OC1CCN(c2[c]ccc(Cl)c2)C1. The van der Waals surface area contributed by atoms with E-state index in [-0.39, 0.29) is 6.10 Å². The van der Waals surface area contributed by atoms with Crippen molar-refractivity contribution in [2.24, 2.45) is 0 Å². The van der Waals surface area contributed by atoms with E-state index < -0.39 is 0 Å². The van der Waals surface area contributed by atoms with E-state index in [9.17, 15) is 5.11 Å². The van der Waals surface area contributed by atoms with Gasteiger partial charge < -0.3 is 10.0 Å². The van der Waals surface area contributed by atoms with Gasteiger partial charge in [0, 0.05) is 29.9 Å². The molecule has 0 aliphatic carbocycles. The van der Waals surface area contributed by atoms with E-state index in [1.54, 1.807) is 6.07 Å². The minimum atomic E-state index is -0.201. The molecule has 13 heavy (non-hydrogen) atoms. The first-order valence-corrected chi connectivity index (χ1v) is 4.74. The maximum atomic E-state index is 9.34. The molecule has 0 bridgehead atoms. The molecule has 2 nitrogen and oxygen atoms in total. The molecule has 1 unspecified atom stereocenters. The Kier molecular flexibility index (Phi) is 2.42. The van der Waals surface area contributed by atoms with Gasteiger partial charge in [0.1, 0.15) is 0 Å². The number of rotatable bonds is 1. The number of aliphatic hydroxyl groups is 1. The van der Waals surface area contributed by atoms with Gasteiger partial charge in [0.15, 0.2) is 0 Å². The van der Waals surface area contributed by atoms with Crippen molar-refractivity contribution < 1.29 is 5.11 Å². The molecule has 3 heteroatoms. The molecule has 1 aliphatic rings. The van der Waals surface area contributed by atoms with E-state index in [1.807, 2.05) is 12.1 Å². The summed E-state index contributed by atoms with van der Waals surface area (Å²) in [5.74, 6) is 0. The number of aliphatic hydroxyl groups excluding tert-OH is 1. The van der Waals surface area contributed by atoms with Crippen molar-refractivity contribution >= 4 is 17.3 Å². The average molecular weight is 197 g/mol. The molecular formula is C10H11ClNO. The molecule has 0 amide bonds. The molecule has 0 aromatic heterocycles. The topological polar surface area (TPSA) is 23.5 Å². The van der Waals surface area contributed by atoms with Crippen LogP contribution in [0.25, 0.3) is 0 Å². The van der Waals surface area contributed by atoms with Crippen molar-refractivity contribution in [3.05, 3.63) is 29.3 Å². The zero-order valence-corrected chi connectivity index (χ0v) is 7.96. The van der Waals surface area contributed by atoms with Gasteiger partial charge in [-0.2, -0.15) is 0 Å². The third-order valence-electron chi connectivity index (χ3n) is 2.25. The Labute approximate surface area is 82.7 Å². The number of β-amino-alcohol motifs (C(OH)–C–C–N with tert-alkyl or cyclic N) is 1. The van der Waals surface area contributed by atoms with Crippen LogP contribution in [0.5, 0.6) is 0 Å². The molecule has 1 saturated heterocycles. The van der Waals surface area contributed by atoms with Gasteiger partial charge in [-0.25, -0.2) is 0 Å². The third kappa shape index (κ3) is 1.95. The molecular weight excluding hydrogens is 186 g/mol. The summed E-state index contributed by atoms with van der Waals surface area (Å²) in [4.78, 5) is 2.09. The van der Waals surface area contributed by atoms with E-state index in [0.717, 1.165) is 23.7 Å². The number of nitrogens with zero attached hydrogens (tertiary/aromatic N) is 1. The Hall–Kier alpha value is -0.730. The molecule has 1 radical (unpaired) electrons. The summed E-state index contributed by atoms with van der Waals surface area (Å²) in [6, 6.07) is 8.59. The number of halogens is 1. The number of hydrogen-bond donors (Lipinski definition) is 1. The summed E-state index contributed by atoms with van der Waals surface area (Å²) in [7, 11) is 0. The van der Waals surface area contributed by atoms with Crippen LogP contribution in [0, 0.1) is 6.07 Å². The lowest BCUT2D eigenvalue weighted by molar-refractivity contribution is 0.198. The zero-order chi connectivity index (χ0) is 9.26. The predicted molar refractivity (Wildman–Crippen MR) is 53.1 cm³/mol. The minimum Gasteiger partial charge on any atom is -0.391 e. The standard InChI is InChI=1S/C10H11ClNO/c11-8-2-1-3-9(6-8)12-5-4-10(13)7-12/h1-2,6,10,13H,4-5,7H2. The second-order valence-electron chi connectivity index (χ2n) is 3.28. The maximum Gasteiger partial charge on any atom is 0.0731 e. The van der Waals surface area contributed by atoms with Crippen molar-refractivity contribution in [1.82, 2.24) is 0 Å². The lowest BCUT2D eigenvalue weighted by atomic mass is 10.3. The van der Waals surface area contributed by atoms with Crippen LogP contribution in [0.3, 0.4) is 0 Å². The van der Waals surface area contributed by atoms with E-state index in [0.29, 0.717) is 6.54 Å². The van der Waals surface area contributed by atoms with Gasteiger partial charge in [-0.3, -0.25) is 0 Å². The first kappa shape index (κ1) is 8.85. The highest BCUT2D eigenvalue weighted by Gasteiger charge is 2.20. The van der Waals surface area contributed by atoms with Gasteiger partial charge in [0.2, 0.25) is 0 Å². The van der Waals surface area contributed by atoms with Crippen LogP contribution in [0.15, 0.2) is 18.2 Å². The van der Waals surface area contributed by atoms with Crippen molar-refractivity contribution in [2.45, 2.75) is 12.5 Å². The number of anilines is 1. The highest BCUT2D eigenvalue weighted by molar-refractivity contribution is 6.30. The highest BCUT2D eigenvalue weighted by Crippen LogP contribution is 2.22. The number of hydrogen-bond acceptors (Lipinski definition) is 2. The predicted octanol–water partition coefficient (Wildman–Crippen LogP) is 1.71. The average Bonchev–Trinajstić information content (AvgIpc) is 2.52. The largest absolute Gasteiger partial charge is 0.391 e. The number of benzene rings is 1. The molecule has 69 valence electrons. The molecule has 1 N–H and O–H groups in total. The molecule has 1 atom stereocenters. The van der Waals surface area contributed by atoms with Crippen LogP contribution in [0.4, 0.5) is 5.69 Å². The van der Waals surface area contributed by atoms with Gasteiger partial charge >= 0.3 is 0 Å². The Morgan fingerprint density at radius 3 is 3.08 bits per heavy atom. The van der Waals surface area contributed by atoms with Crippen molar-refractivity contribution in [1.29, 1.82) is 0 Å². The molecule has 1 aliphatic heterocycles. The van der Waals surface area contributed by atoms with E-state index >= 15 is 0 Å². The molecule has 1 heterocycles. The third-order valence-corrected chi connectivity index (χ3v) is 2.49. The molecule has 0 spiro atoms. The Morgan fingerprint density at radius 2 is 2.46 bits per heavy atom. The summed E-state index contributed by atoms with van der Waals surface area (Å²) in [5, 5.41) is 10.1. The van der Waals surface area contributed by atoms with Gasteiger partial charge in [0.25, 0.3) is 0 Å². The van der Waals surface area contributed by atoms with E-state index in [4.69, 9.17) is 11.6 Å². The minimum absolute atomic E-state index is 0.201. The van der Waals surface area contributed by atoms with Gasteiger partial charge in [-0.1, -0.05) is 17.7 Å². The molecule has 1 aromatic rings. The second kappa shape index (κ2) is 3.56. The quantitative estimate of drug-likeness (QED) is 0.740. The van der Waals surface area contributed by atoms with Crippen molar-refractivity contribution in [2.75, 3.05) is 18.0 Å². The zero-order valence-electron chi connectivity index (χ0n) is 7.20. The van der Waals surface area contributed by atoms with Gasteiger partial charge in [0.05, 0.1) is 6.10 Å². The van der Waals surface area contributed by atoms with Crippen LogP contribution >= 0.6 is 11.6 Å². The fraction of sp³-hybridized carbons (Fsp3) is 0.400. The Morgan fingerprint density at radius 1 is 1.62 bits per heavy atom. The molecule has 1 fully saturated rings.